The molecule has 2 heterocycles. The number of dihydropyridines is 1. The standard InChI is InChI=1S/C33H28ClNO7/c1-17-14-22-26(30(36)33(17)31(37)27-24(39-2)16-25(40-3)28(34)29(27)42-33)21(15-23(35-22)32(38)41-4)20-12-10-19(11-13-20)18-8-6-5-7-9-18/h5-13,15-17,21,35H,14H2,1-4H3/t17-,21+,33+/m1/s1. The minimum atomic E-state index is -1.87. The number of fused-ring (bicyclic) bond motifs is 1. The van der Waals surface area contributed by atoms with Crippen molar-refractivity contribution in [2.24, 2.45) is 5.92 Å². The molecular formula is C33H28ClNO7. The number of benzene rings is 3. The number of ether oxygens (including phenoxy) is 4. The molecule has 1 aliphatic carbocycles. The lowest BCUT2D eigenvalue weighted by atomic mass is 9.67. The molecule has 3 atom stereocenters. The Morgan fingerprint density at radius 3 is 2.26 bits per heavy atom. The number of allylic oxidation sites excluding steroid dienone is 2. The van der Waals surface area contributed by atoms with Crippen molar-refractivity contribution in [3.05, 3.63) is 99.9 Å². The van der Waals surface area contributed by atoms with E-state index >= 15 is 0 Å². The van der Waals surface area contributed by atoms with Crippen molar-refractivity contribution in [3.63, 3.8) is 0 Å². The molecule has 3 aromatic carbocycles. The number of carbonyl (C=O) groups excluding carboxylic acids is 3. The first-order chi connectivity index (χ1) is 20.2. The second-order valence-electron chi connectivity index (χ2n) is 10.5. The summed E-state index contributed by atoms with van der Waals surface area (Å²) in [5.41, 5.74) is 2.16. The highest BCUT2D eigenvalue weighted by molar-refractivity contribution is 6.36. The lowest BCUT2D eigenvalue weighted by Gasteiger charge is -2.41. The molecular weight excluding hydrogens is 558 g/mol. The van der Waals surface area contributed by atoms with Crippen LogP contribution in [-0.4, -0.2) is 44.5 Å². The zero-order valence-corrected chi connectivity index (χ0v) is 24.2. The summed E-state index contributed by atoms with van der Waals surface area (Å²) in [6.07, 6.45) is 1.91. The van der Waals surface area contributed by atoms with Crippen LogP contribution in [0, 0.1) is 5.92 Å². The Bertz CT molecular complexity index is 1690. The normalized spacial score (nSPS) is 22.5. The molecule has 0 unspecified atom stereocenters. The third kappa shape index (κ3) is 4.01. The van der Waals surface area contributed by atoms with Crippen molar-refractivity contribution < 1.29 is 33.3 Å². The predicted molar refractivity (Wildman–Crippen MR) is 156 cm³/mol. The highest BCUT2D eigenvalue weighted by Gasteiger charge is 2.63. The van der Waals surface area contributed by atoms with Crippen LogP contribution in [-0.2, 0) is 14.3 Å². The molecule has 0 radical (unpaired) electrons. The van der Waals surface area contributed by atoms with Crippen molar-refractivity contribution in [3.8, 4) is 28.4 Å². The lowest BCUT2D eigenvalue weighted by Crippen LogP contribution is -2.58. The SMILES string of the molecule is COC(=O)C1=C[C@@H](c2ccc(-c3ccccc3)cc2)C2=C(C[C@@H](C)[C@]3(Oc4c(Cl)c(OC)cc(OC)c4C3=O)C2=O)N1. The van der Waals surface area contributed by atoms with E-state index in [0.29, 0.717) is 11.3 Å². The molecule has 0 amide bonds. The van der Waals surface area contributed by atoms with Crippen LogP contribution in [0.3, 0.4) is 0 Å². The molecule has 6 rings (SSSR count). The van der Waals surface area contributed by atoms with Gasteiger partial charge in [-0.25, -0.2) is 4.79 Å². The van der Waals surface area contributed by atoms with Crippen molar-refractivity contribution >= 4 is 29.1 Å². The van der Waals surface area contributed by atoms with Gasteiger partial charge in [-0.1, -0.05) is 73.1 Å². The largest absolute Gasteiger partial charge is 0.496 e. The van der Waals surface area contributed by atoms with E-state index in [1.807, 2.05) is 54.6 Å². The van der Waals surface area contributed by atoms with E-state index in [-0.39, 0.29) is 40.0 Å². The van der Waals surface area contributed by atoms with Crippen molar-refractivity contribution in [2.75, 3.05) is 21.3 Å². The van der Waals surface area contributed by atoms with Gasteiger partial charge >= 0.3 is 5.97 Å². The molecule has 1 spiro atoms. The van der Waals surface area contributed by atoms with Crippen LogP contribution in [0.25, 0.3) is 11.1 Å². The predicted octanol–water partition coefficient (Wildman–Crippen LogP) is 5.65. The first kappa shape index (κ1) is 27.6. The minimum Gasteiger partial charge on any atom is -0.496 e. The zero-order chi connectivity index (χ0) is 29.8. The van der Waals surface area contributed by atoms with Crippen LogP contribution >= 0.6 is 11.6 Å². The fraction of sp³-hybridized carbons (Fsp3) is 0.242. The summed E-state index contributed by atoms with van der Waals surface area (Å²) in [5.74, 6) is -2.32. The number of ketones is 2. The van der Waals surface area contributed by atoms with Crippen LogP contribution in [0.4, 0.5) is 0 Å². The van der Waals surface area contributed by atoms with Crippen LogP contribution in [0.1, 0.15) is 35.2 Å². The number of halogens is 1. The van der Waals surface area contributed by atoms with Gasteiger partial charge in [0, 0.05) is 29.2 Å². The Morgan fingerprint density at radius 1 is 0.952 bits per heavy atom. The summed E-state index contributed by atoms with van der Waals surface area (Å²) in [6, 6.07) is 19.2. The van der Waals surface area contributed by atoms with Crippen LogP contribution in [0.15, 0.2) is 83.7 Å². The van der Waals surface area contributed by atoms with E-state index in [0.717, 1.165) is 16.7 Å². The summed E-state index contributed by atoms with van der Waals surface area (Å²) >= 11 is 6.59. The minimum absolute atomic E-state index is 0.0560. The first-order valence-corrected chi connectivity index (χ1v) is 13.8. The van der Waals surface area contributed by atoms with Gasteiger partial charge in [0.1, 0.15) is 27.8 Å². The Labute approximate surface area is 247 Å². The molecule has 214 valence electrons. The Morgan fingerprint density at radius 2 is 1.62 bits per heavy atom. The van der Waals surface area contributed by atoms with Gasteiger partial charge in [0.05, 0.1) is 21.3 Å². The Balaban J connectivity index is 1.47. The van der Waals surface area contributed by atoms with E-state index in [1.165, 1.54) is 27.4 Å². The molecule has 3 aromatic rings. The average molecular weight is 586 g/mol. The molecule has 0 saturated heterocycles. The van der Waals surface area contributed by atoms with Gasteiger partial charge in [-0.2, -0.15) is 0 Å². The molecule has 0 aromatic heterocycles. The third-order valence-corrected chi connectivity index (χ3v) is 8.60. The number of carbonyl (C=O) groups is 3. The monoisotopic (exact) mass is 585 g/mol. The molecule has 1 N–H and O–H groups in total. The van der Waals surface area contributed by atoms with Gasteiger partial charge in [0.2, 0.25) is 17.2 Å². The van der Waals surface area contributed by atoms with Gasteiger partial charge in [-0.15, -0.1) is 0 Å². The Hall–Kier alpha value is -4.56. The highest BCUT2D eigenvalue weighted by Crippen LogP contribution is 2.55. The summed E-state index contributed by atoms with van der Waals surface area (Å²) < 4.78 is 22.2. The summed E-state index contributed by atoms with van der Waals surface area (Å²) in [6.45, 7) is 1.77. The third-order valence-electron chi connectivity index (χ3n) is 8.24. The number of Topliss-reactive ketones (excluding diaryl/α,β-unsaturated/α-hetero) is 2. The maximum Gasteiger partial charge on any atom is 0.354 e. The van der Waals surface area contributed by atoms with E-state index in [9.17, 15) is 14.4 Å². The molecule has 2 aliphatic heterocycles. The van der Waals surface area contributed by atoms with Gasteiger partial charge in [-0.3, -0.25) is 9.59 Å². The number of methoxy groups -OCH3 is 3. The van der Waals surface area contributed by atoms with Crippen molar-refractivity contribution in [1.82, 2.24) is 5.32 Å². The maximum absolute atomic E-state index is 14.7. The fourth-order valence-electron chi connectivity index (χ4n) is 6.10. The molecule has 9 heteroatoms. The zero-order valence-electron chi connectivity index (χ0n) is 23.4. The van der Waals surface area contributed by atoms with Crippen LogP contribution in [0.2, 0.25) is 5.02 Å². The van der Waals surface area contributed by atoms with Gasteiger partial charge in [0.25, 0.3) is 0 Å². The first-order valence-electron chi connectivity index (χ1n) is 13.4. The van der Waals surface area contributed by atoms with E-state index in [1.54, 1.807) is 13.0 Å². The van der Waals surface area contributed by atoms with Crippen molar-refractivity contribution in [2.45, 2.75) is 24.9 Å². The topological polar surface area (TPSA) is 100 Å². The summed E-state index contributed by atoms with van der Waals surface area (Å²) in [7, 11) is 4.17. The second kappa shape index (κ2) is 10.4. The van der Waals surface area contributed by atoms with Gasteiger partial charge in [-0.05, 0) is 29.2 Å². The number of hydrogen-bond acceptors (Lipinski definition) is 8. The van der Waals surface area contributed by atoms with Crippen molar-refractivity contribution in [1.29, 1.82) is 0 Å². The molecule has 0 fully saturated rings. The van der Waals surface area contributed by atoms with E-state index in [2.05, 4.69) is 5.32 Å². The van der Waals surface area contributed by atoms with Gasteiger partial charge < -0.3 is 24.3 Å². The Kier molecular flexibility index (Phi) is 6.81. The second-order valence-corrected chi connectivity index (χ2v) is 10.8. The summed E-state index contributed by atoms with van der Waals surface area (Å²) in [4.78, 5) is 41.5. The number of rotatable bonds is 5. The molecule has 42 heavy (non-hydrogen) atoms. The number of esters is 1. The quantitative estimate of drug-likeness (QED) is 0.303. The lowest BCUT2D eigenvalue weighted by molar-refractivity contribution is -0.137. The smallest absolute Gasteiger partial charge is 0.354 e. The van der Waals surface area contributed by atoms with Crippen LogP contribution in [0.5, 0.6) is 17.2 Å². The summed E-state index contributed by atoms with van der Waals surface area (Å²) in [5, 5.41) is 3.19. The maximum atomic E-state index is 14.7. The number of hydrogen-bond donors (Lipinski definition) is 1. The van der Waals surface area contributed by atoms with E-state index < -0.39 is 35.0 Å². The average Bonchev–Trinajstić information content (AvgIpc) is 3.34. The number of nitrogens with one attached hydrogen (secondary N) is 1. The molecule has 3 aliphatic rings. The molecule has 0 bridgehead atoms. The van der Waals surface area contributed by atoms with Gasteiger partial charge in [0.15, 0.2) is 5.75 Å². The highest BCUT2D eigenvalue weighted by atomic mass is 35.5. The van der Waals surface area contributed by atoms with Crippen LogP contribution < -0.4 is 19.5 Å². The molecule has 0 saturated carbocycles. The molecule has 8 nitrogen and oxygen atoms in total. The fourth-order valence-corrected chi connectivity index (χ4v) is 6.37. The van der Waals surface area contributed by atoms with E-state index in [4.69, 9.17) is 30.5 Å².